The van der Waals surface area contributed by atoms with E-state index >= 15 is 0 Å². The molecule has 5 nitrogen and oxygen atoms in total. The third-order valence-corrected chi connectivity index (χ3v) is 3.00. The molecule has 19 heavy (non-hydrogen) atoms. The SMILES string of the molecule is O=C1C(Nc2ncc(Br)cn2)CCN1CC(F)(F)F. The number of hydrogen-bond donors (Lipinski definition) is 1. The number of aromatic nitrogens is 2. The summed E-state index contributed by atoms with van der Waals surface area (Å²) in [5, 5.41) is 2.73. The van der Waals surface area contributed by atoms with Gasteiger partial charge in [-0.25, -0.2) is 9.97 Å². The number of carbonyl (C=O) groups is 1. The van der Waals surface area contributed by atoms with Crippen molar-refractivity contribution in [1.29, 1.82) is 0 Å². The average molecular weight is 339 g/mol. The van der Waals surface area contributed by atoms with Crippen LogP contribution in [0.3, 0.4) is 0 Å². The van der Waals surface area contributed by atoms with E-state index in [2.05, 4.69) is 31.2 Å². The fourth-order valence-electron chi connectivity index (χ4n) is 1.79. The second kappa shape index (κ2) is 5.32. The van der Waals surface area contributed by atoms with E-state index in [1.54, 1.807) is 0 Å². The highest BCUT2D eigenvalue weighted by atomic mass is 79.9. The normalized spacial score (nSPS) is 19.9. The molecule has 1 amide bonds. The van der Waals surface area contributed by atoms with Gasteiger partial charge in [-0.05, 0) is 22.4 Å². The number of nitrogens with zero attached hydrogens (tertiary/aromatic N) is 3. The lowest BCUT2D eigenvalue weighted by molar-refractivity contribution is -0.157. The molecule has 1 N–H and O–H groups in total. The van der Waals surface area contributed by atoms with Gasteiger partial charge in [0.05, 0.1) is 4.47 Å². The van der Waals surface area contributed by atoms with Gasteiger partial charge in [0.2, 0.25) is 11.9 Å². The summed E-state index contributed by atoms with van der Waals surface area (Å²) in [6, 6.07) is -0.705. The summed E-state index contributed by atoms with van der Waals surface area (Å²) in [5.41, 5.74) is 0. The van der Waals surface area contributed by atoms with Gasteiger partial charge in [0.15, 0.2) is 0 Å². The van der Waals surface area contributed by atoms with Crippen molar-refractivity contribution in [2.75, 3.05) is 18.4 Å². The number of hydrogen-bond acceptors (Lipinski definition) is 4. The summed E-state index contributed by atoms with van der Waals surface area (Å²) in [7, 11) is 0. The van der Waals surface area contributed by atoms with Gasteiger partial charge in [-0.1, -0.05) is 0 Å². The molecule has 0 aliphatic carbocycles. The molecule has 0 spiro atoms. The Kier molecular flexibility index (Phi) is 3.93. The van der Waals surface area contributed by atoms with Gasteiger partial charge in [0.1, 0.15) is 12.6 Å². The molecular formula is C10H10BrF3N4O. The second-order valence-corrected chi connectivity index (χ2v) is 5.00. The minimum absolute atomic E-state index is 0.0759. The fraction of sp³-hybridized carbons (Fsp3) is 0.500. The van der Waals surface area contributed by atoms with Crippen LogP contribution in [-0.4, -0.2) is 46.1 Å². The van der Waals surface area contributed by atoms with Gasteiger partial charge in [0, 0.05) is 18.9 Å². The van der Waals surface area contributed by atoms with Crippen molar-refractivity contribution in [3.8, 4) is 0 Å². The van der Waals surface area contributed by atoms with Crippen molar-refractivity contribution in [2.45, 2.75) is 18.6 Å². The largest absolute Gasteiger partial charge is 0.406 e. The number of carbonyl (C=O) groups excluding carboxylic acids is 1. The Morgan fingerprint density at radius 2 is 2.05 bits per heavy atom. The molecule has 1 aromatic heterocycles. The monoisotopic (exact) mass is 338 g/mol. The van der Waals surface area contributed by atoms with Crippen molar-refractivity contribution in [3.05, 3.63) is 16.9 Å². The number of likely N-dealkylation sites (tertiary alicyclic amines) is 1. The van der Waals surface area contributed by atoms with Crippen LogP contribution < -0.4 is 5.32 Å². The van der Waals surface area contributed by atoms with Gasteiger partial charge in [-0.15, -0.1) is 0 Å². The molecular weight excluding hydrogens is 329 g/mol. The highest BCUT2D eigenvalue weighted by Gasteiger charge is 2.39. The van der Waals surface area contributed by atoms with Crippen LogP contribution in [0.15, 0.2) is 16.9 Å². The van der Waals surface area contributed by atoms with E-state index in [1.807, 2.05) is 0 Å². The smallest absolute Gasteiger partial charge is 0.342 e. The predicted molar refractivity (Wildman–Crippen MR) is 64.4 cm³/mol. The summed E-state index contributed by atoms with van der Waals surface area (Å²) in [4.78, 5) is 20.4. The third kappa shape index (κ3) is 3.79. The van der Waals surface area contributed by atoms with E-state index < -0.39 is 24.7 Å². The Morgan fingerprint density at radius 3 is 2.63 bits per heavy atom. The number of alkyl halides is 3. The third-order valence-electron chi connectivity index (χ3n) is 2.59. The molecule has 1 aliphatic rings. The zero-order valence-corrected chi connectivity index (χ0v) is 11.2. The maximum absolute atomic E-state index is 12.2. The number of amides is 1. The molecule has 0 radical (unpaired) electrons. The van der Waals surface area contributed by atoms with Crippen LogP contribution in [0.5, 0.6) is 0 Å². The van der Waals surface area contributed by atoms with Gasteiger partial charge in [-0.3, -0.25) is 4.79 Å². The molecule has 2 heterocycles. The van der Waals surface area contributed by atoms with Gasteiger partial charge in [-0.2, -0.15) is 13.2 Å². The highest BCUT2D eigenvalue weighted by Crippen LogP contribution is 2.22. The van der Waals surface area contributed by atoms with Crippen molar-refractivity contribution in [3.63, 3.8) is 0 Å². The lowest BCUT2D eigenvalue weighted by atomic mass is 10.2. The van der Waals surface area contributed by atoms with E-state index in [1.165, 1.54) is 12.4 Å². The van der Waals surface area contributed by atoms with Gasteiger partial charge in [0.25, 0.3) is 0 Å². The number of anilines is 1. The van der Waals surface area contributed by atoms with Crippen LogP contribution in [0.25, 0.3) is 0 Å². The summed E-state index contributed by atoms with van der Waals surface area (Å²) in [5.74, 6) is -0.362. The Bertz CT molecular complexity index is 465. The Balaban J connectivity index is 1.96. The zero-order chi connectivity index (χ0) is 14.0. The predicted octanol–water partition coefficient (Wildman–Crippen LogP) is 1.81. The van der Waals surface area contributed by atoms with Crippen LogP contribution >= 0.6 is 15.9 Å². The zero-order valence-electron chi connectivity index (χ0n) is 9.62. The van der Waals surface area contributed by atoms with E-state index in [4.69, 9.17) is 0 Å². The first kappa shape index (κ1) is 14.0. The van der Waals surface area contributed by atoms with E-state index in [0.717, 1.165) is 4.90 Å². The van der Waals surface area contributed by atoms with Crippen molar-refractivity contribution in [2.24, 2.45) is 0 Å². The van der Waals surface area contributed by atoms with Crippen molar-refractivity contribution < 1.29 is 18.0 Å². The van der Waals surface area contributed by atoms with E-state index in [0.29, 0.717) is 10.9 Å². The lowest BCUT2D eigenvalue weighted by Crippen LogP contribution is -2.39. The quantitative estimate of drug-likeness (QED) is 0.913. The van der Waals surface area contributed by atoms with Crippen LogP contribution in [0.2, 0.25) is 0 Å². The van der Waals surface area contributed by atoms with Crippen LogP contribution in [0.4, 0.5) is 19.1 Å². The summed E-state index contributed by atoms with van der Waals surface area (Å²) < 4.78 is 37.4. The second-order valence-electron chi connectivity index (χ2n) is 4.09. The van der Waals surface area contributed by atoms with E-state index in [-0.39, 0.29) is 12.5 Å². The van der Waals surface area contributed by atoms with Crippen LogP contribution in [0.1, 0.15) is 6.42 Å². The molecule has 1 fully saturated rings. The van der Waals surface area contributed by atoms with Gasteiger partial charge >= 0.3 is 6.18 Å². The number of halogens is 4. The fourth-order valence-corrected chi connectivity index (χ4v) is 1.99. The molecule has 1 atom stereocenters. The topological polar surface area (TPSA) is 58.1 Å². The Labute approximate surface area is 115 Å². The first-order valence-electron chi connectivity index (χ1n) is 5.45. The maximum Gasteiger partial charge on any atom is 0.406 e. The first-order chi connectivity index (χ1) is 8.85. The van der Waals surface area contributed by atoms with Crippen molar-refractivity contribution >= 4 is 27.8 Å². The lowest BCUT2D eigenvalue weighted by Gasteiger charge is -2.18. The van der Waals surface area contributed by atoms with Gasteiger partial charge < -0.3 is 10.2 Å². The molecule has 1 unspecified atom stereocenters. The molecule has 1 aliphatic heterocycles. The number of nitrogens with one attached hydrogen (secondary N) is 1. The molecule has 0 aromatic carbocycles. The van der Waals surface area contributed by atoms with Crippen LogP contribution in [0, 0.1) is 0 Å². The molecule has 0 saturated carbocycles. The standard InChI is InChI=1S/C10H10BrF3N4O/c11-6-3-15-9(16-4-6)17-7-1-2-18(8(7)19)5-10(12,13)14/h3-4,7H,1-2,5H2,(H,15,16,17). The molecule has 2 rings (SSSR count). The minimum atomic E-state index is -4.38. The molecule has 1 saturated heterocycles. The van der Waals surface area contributed by atoms with E-state index in [9.17, 15) is 18.0 Å². The minimum Gasteiger partial charge on any atom is -0.342 e. The Morgan fingerprint density at radius 1 is 1.42 bits per heavy atom. The Hall–Kier alpha value is -1.38. The summed E-state index contributed by atoms with van der Waals surface area (Å²) >= 11 is 3.16. The summed E-state index contributed by atoms with van der Waals surface area (Å²) in [6.45, 7) is -1.14. The maximum atomic E-state index is 12.2. The first-order valence-corrected chi connectivity index (χ1v) is 6.24. The van der Waals surface area contributed by atoms with Crippen molar-refractivity contribution in [1.82, 2.24) is 14.9 Å². The highest BCUT2D eigenvalue weighted by molar-refractivity contribution is 9.10. The molecule has 1 aromatic rings. The molecule has 104 valence electrons. The molecule has 9 heteroatoms. The average Bonchev–Trinajstić information content (AvgIpc) is 2.63. The van der Waals surface area contributed by atoms with Crippen LogP contribution in [-0.2, 0) is 4.79 Å². The molecule has 0 bridgehead atoms. The summed E-state index contributed by atoms with van der Waals surface area (Å²) in [6.07, 6.45) is -1.10. The number of rotatable bonds is 3.